The van der Waals surface area contributed by atoms with Crippen LogP contribution in [0.2, 0.25) is 0 Å². The van der Waals surface area contributed by atoms with Gasteiger partial charge in [-0.25, -0.2) is 0 Å². The van der Waals surface area contributed by atoms with E-state index in [0.717, 1.165) is 5.30 Å². The topological polar surface area (TPSA) is 86.2 Å². The lowest BCUT2D eigenvalue weighted by molar-refractivity contribution is -0.384. The van der Waals surface area contributed by atoms with E-state index >= 15 is 0 Å². The van der Waals surface area contributed by atoms with Crippen LogP contribution in [-0.2, 0) is 0 Å². The first kappa shape index (κ1) is 18.1. The Morgan fingerprint density at radius 3 is 2.33 bits per heavy atom. The number of carbonyl (C=O) groups excluding carboxylic acids is 1. The summed E-state index contributed by atoms with van der Waals surface area (Å²) in [5.74, 6) is -0.152. The molecule has 2 rings (SSSR count). The zero-order valence-electron chi connectivity index (χ0n) is 14.0. The molecule has 0 saturated heterocycles. The third-order valence-electron chi connectivity index (χ3n) is 3.73. The van der Waals surface area contributed by atoms with E-state index in [-0.39, 0.29) is 27.9 Å². The Kier molecular flexibility index (Phi) is 5.35. The van der Waals surface area contributed by atoms with Crippen LogP contribution in [0.3, 0.4) is 0 Å². The van der Waals surface area contributed by atoms with Gasteiger partial charge in [-0.2, -0.15) is 0 Å². The Bertz CT molecular complexity index is 755. The maximum atomic E-state index is 12.8. The molecule has 0 saturated carbocycles. The molecule has 0 heterocycles. The van der Waals surface area contributed by atoms with E-state index in [4.69, 9.17) is 5.73 Å². The number of ketones is 1. The van der Waals surface area contributed by atoms with Gasteiger partial charge in [0.2, 0.25) is 0 Å². The first-order valence-corrected chi connectivity index (χ1v) is 9.12. The number of nitrogens with zero attached hydrogens (tertiary/aromatic N) is 1. The minimum Gasteiger partial charge on any atom is -0.398 e. The fourth-order valence-corrected chi connectivity index (χ4v) is 4.87. The average Bonchev–Trinajstić information content (AvgIpc) is 2.52. The minimum absolute atomic E-state index is 0.0676. The van der Waals surface area contributed by atoms with Crippen molar-refractivity contribution in [3.05, 3.63) is 64.2 Å². The van der Waals surface area contributed by atoms with Crippen LogP contribution in [0.15, 0.2) is 48.5 Å². The fraction of sp³-hybridized carbons (Fsp3) is 0.278. The molecule has 126 valence electrons. The zero-order valence-corrected chi connectivity index (χ0v) is 14.9. The van der Waals surface area contributed by atoms with E-state index in [1.807, 2.05) is 30.3 Å². The average molecular weight is 344 g/mol. The molecular formula is C18H21N2O3P. The second-order valence-corrected chi connectivity index (χ2v) is 9.57. The van der Waals surface area contributed by atoms with Crippen molar-refractivity contribution in [1.29, 1.82) is 0 Å². The first-order chi connectivity index (χ1) is 11.2. The lowest BCUT2D eigenvalue weighted by Gasteiger charge is -2.31. The van der Waals surface area contributed by atoms with Gasteiger partial charge < -0.3 is 5.73 Å². The summed E-state index contributed by atoms with van der Waals surface area (Å²) >= 11 is 0. The van der Waals surface area contributed by atoms with Gasteiger partial charge >= 0.3 is 0 Å². The molecule has 5 nitrogen and oxygen atoms in total. The van der Waals surface area contributed by atoms with Crippen LogP contribution in [-0.4, -0.2) is 22.0 Å². The third-order valence-corrected chi connectivity index (χ3v) is 6.87. The lowest BCUT2D eigenvalue weighted by atomic mass is 10.1. The smallest absolute Gasteiger partial charge is 0.270 e. The molecule has 2 aromatic carbocycles. The summed E-state index contributed by atoms with van der Waals surface area (Å²) in [5.41, 5.74) is 6.27. The van der Waals surface area contributed by atoms with Crippen molar-refractivity contribution in [2.24, 2.45) is 0 Å². The van der Waals surface area contributed by atoms with Gasteiger partial charge in [0.25, 0.3) is 5.69 Å². The molecule has 1 atom stereocenters. The number of anilines is 1. The summed E-state index contributed by atoms with van der Waals surface area (Å²) in [6.45, 7) is 6.32. The Morgan fingerprint density at radius 1 is 1.17 bits per heavy atom. The second-order valence-electron chi connectivity index (χ2n) is 6.54. The quantitative estimate of drug-likeness (QED) is 0.292. The summed E-state index contributed by atoms with van der Waals surface area (Å²) in [6, 6.07) is 13.9. The van der Waals surface area contributed by atoms with E-state index in [0.29, 0.717) is 6.16 Å². The predicted octanol–water partition coefficient (Wildman–Crippen LogP) is 3.97. The highest BCUT2D eigenvalue weighted by Crippen LogP contribution is 2.48. The number of Topliss-reactive ketones (excluding diaryl/α,β-unsaturated/α-hetero) is 1. The maximum absolute atomic E-state index is 12.8. The largest absolute Gasteiger partial charge is 0.398 e. The van der Waals surface area contributed by atoms with Gasteiger partial charge in [0.15, 0.2) is 5.78 Å². The van der Waals surface area contributed by atoms with Crippen LogP contribution in [0.1, 0.15) is 31.1 Å². The first-order valence-electron chi connectivity index (χ1n) is 7.60. The van der Waals surface area contributed by atoms with Gasteiger partial charge in [-0.15, -0.1) is 0 Å². The standard InChI is InChI=1S/C18H21N2O3P/c1-18(2,3)24(14-7-5-4-6-8-14)12-17(21)15-11-13(20(22)23)9-10-16(15)19/h4-11H,12,19H2,1-3H3. The van der Waals surface area contributed by atoms with Crippen LogP contribution in [0.5, 0.6) is 0 Å². The number of hydrogen-bond donors (Lipinski definition) is 1. The number of nitrogens with two attached hydrogens (primary N) is 1. The molecule has 0 radical (unpaired) electrons. The van der Waals surface area contributed by atoms with Gasteiger partial charge in [-0.1, -0.05) is 59.0 Å². The number of benzene rings is 2. The molecular weight excluding hydrogens is 323 g/mol. The summed E-state index contributed by atoms with van der Waals surface area (Å²) < 4.78 is 0. The SMILES string of the molecule is CC(C)(C)P(CC(=O)c1cc([N+](=O)[O-])ccc1N)c1ccccc1. The molecule has 0 aliphatic carbocycles. The predicted molar refractivity (Wildman–Crippen MR) is 99.5 cm³/mol. The van der Waals surface area contributed by atoms with Gasteiger partial charge in [-0.3, -0.25) is 14.9 Å². The lowest BCUT2D eigenvalue weighted by Crippen LogP contribution is -2.24. The van der Waals surface area contributed by atoms with Crippen LogP contribution in [0.25, 0.3) is 0 Å². The number of nitro groups is 1. The fourth-order valence-electron chi connectivity index (χ4n) is 2.45. The van der Waals surface area contributed by atoms with E-state index in [1.54, 1.807) is 0 Å². The molecule has 0 aromatic heterocycles. The molecule has 24 heavy (non-hydrogen) atoms. The number of rotatable bonds is 5. The van der Waals surface area contributed by atoms with Gasteiger partial charge in [0.05, 0.1) is 4.92 Å². The number of nitro benzene ring substituents is 1. The number of non-ortho nitro benzene ring substituents is 1. The van der Waals surface area contributed by atoms with Gasteiger partial charge in [0, 0.05) is 29.5 Å². The Hall–Kier alpha value is -2.26. The highest BCUT2D eigenvalue weighted by atomic mass is 31.1. The molecule has 0 aliphatic heterocycles. The van der Waals surface area contributed by atoms with Crippen LogP contribution in [0.4, 0.5) is 11.4 Å². The van der Waals surface area contributed by atoms with E-state index < -0.39 is 12.8 Å². The Morgan fingerprint density at radius 2 is 1.79 bits per heavy atom. The Labute approximate surface area is 142 Å². The summed E-state index contributed by atoms with van der Waals surface area (Å²) in [6.07, 6.45) is 0.314. The van der Waals surface area contributed by atoms with E-state index in [1.165, 1.54) is 18.2 Å². The van der Waals surface area contributed by atoms with Crippen molar-refractivity contribution >= 4 is 30.4 Å². The van der Waals surface area contributed by atoms with Crippen molar-refractivity contribution in [3.8, 4) is 0 Å². The van der Waals surface area contributed by atoms with Gasteiger partial charge in [0.1, 0.15) is 0 Å². The second kappa shape index (κ2) is 7.10. The molecule has 6 heteroatoms. The van der Waals surface area contributed by atoms with Crippen LogP contribution >= 0.6 is 7.92 Å². The zero-order chi connectivity index (χ0) is 17.9. The normalized spacial score (nSPS) is 12.6. The van der Waals surface area contributed by atoms with Crippen molar-refractivity contribution in [3.63, 3.8) is 0 Å². The molecule has 1 unspecified atom stereocenters. The molecule has 0 fully saturated rings. The highest BCUT2D eigenvalue weighted by Gasteiger charge is 2.29. The Balaban J connectivity index is 2.35. The third kappa shape index (κ3) is 4.18. The van der Waals surface area contributed by atoms with E-state index in [9.17, 15) is 14.9 Å². The van der Waals surface area contributed by atoms with E-state index in [2.05, 4.69) is 20.8 Å². The van der Waals surface area contributed by atoms with Crippen LogP contribution in [0, 0.1) is 10.1 Å². The molecule has 2 aromatic rings. The van der Waals surface area contributed by atoms with Gasteiger partial charge in [-0.05, 0) is 16.5 Å². The molecule has 2 N–H and O–H groups in total. The molecule has 0 aliphatic rings. The van der Waals surface area contributed by atoms with Crippen molar-refractivity contribution in [2.75, 3.05) is 11.9 Å². The highest BCUT2D eigenvalue weighted by molar-refractivity contribution is 7.68. The number of nitrogen functional groups attached to an aromatic ring is 1. The number of carbonyl (C=O) groups is 1. The summed E-state index contributed by atoms with van der Waals surface area (Å²) in [7, 11) is -0.772. The van der Waals surface area contributed by atoms with Crippen molar-refractivity contribution in [2.45, 2.75) is 25.9 Å². The minimum atomic E-state index is -0.772. The molecule has 0 bridgehead atoms. The molecule has 0 spiro atoms. The van der Waals surface area contributed by atoms with Crippen LogP contribution < -0.4 is 11.0 Å². The monoisotopic (exact) mass is 344 g/mol. The number of hydrogen-bond acceptors (Lipinski definition) is 4. The van der Waals surface area contributed by atoms with Crippen molar-refractivity contribution < 1.29 is 9.72 Å². The summed E-state index contributed by atoms with van der Waals surface area (Å²) in [5, 5.41) is 12.0. The maximum Gasteiger partial charge on any atom is 0.270 e. The summed E-state index contributed by atoms with van der Waals surface area (Å²) in [4.78, 5) is 23.2. The molecule has 0 amide bonds. The van der Waals surface area contributed by atoms with Crippen molar-refractivity contribution in [1.82, 2.24) is 0 Å².